The van der Waals surface area contributed by atoms with Gasteiger partial charge in [-0.05, 0) is 55.4 Å². The van der Waals surface area contributed by atoms with Crippen LogP contribution in [-0.4, -0.2) is 106 Å². The van der Waals surface area contributed by atoms with Gasteiger partial charge in [0, 0.05) is 50.4 Å². The van der Waals surface area contributed by atoms with Gasteiger partial charge in [-0.25, -0.2) is 0 Å². The van der Waals surface area contributed by atoms with E-state index in [2.05, 4.69) is 4.90 Å². The van der Waals surface area contributed by atoms with Crippen molar-refractivity contribution in [1.82, 2.24) is 14.7 Å². The lowest BCUT2D eigenvalue weighted by molar-refractivity contribution is -0.0353. The van der Waals surface area contributed by atoms with E-state index < -0.39 is 0 Å². The second kappa shape index (κ2) is 12.1. The van der Waals surface area contributed by atoms with Crippen LogP contribution >= 0.6 is 0 Å². The van der Waals surface area contributed by atoms with Gasteiger partial charge in [0.05, 0.1) is 34.0 Å². The molecule has 0 spiro atoms. The van der Waals surface area contributed by atoms with Crippen molar-refractivity contribution in [3.63, 3.8) is 0 Å². The molecule has 9 heteroatoms. The first-order valence-corrected chi connectivity index (χ1v) is 12.3. The molecule has 2 aromatic rings. The number of benzene rings is 2. The lowest BCUT2D eigenvalue weighted by atomic mass is 10.1. The fourth-order valence-electron chi connectivity index (χ4n) is 4.73. The van der Waals surface area contributed by atoms with E-state index in [4.69, 9.17) is 18.9 Å². The summed E-state index contributed by atoms with van der Waals surface area (Å²) in [6.45, 7) is 5.33. The highest BCUT2D eigenvalue weighted by Crippen LogP contribution is 2.28. The number of hydrogen-bond donors (Lipinski definition) is 0. The molecule has 0 aromatic heterocycles. The molecule has 194 valence electrons. The summed E-state index contributed by atoms with van der Waals surface area (Å²) < 4.78 is 21.8. The molecule has 2 fully saturated rings. The van der Waals surface area contributed by atoms with Crippen molar-refractivity contribution >= 4 is 11.8 Å². The Bertz CT molecular complexity index is 1040. The van der Waals surface area contributed by atoms with E-state index in [-0.39, 0.29) is 17.9 Å². The van der Waals surface area contributed by atoms with E-state index in [1.54, 1.807) is 63.8 Å². The molecule has 2 aliphatic heterocycles. The van der Waals surface area contributed by atoms with Crippen molar-refractivity contribution in [3.05, 3.63) is 53.6 Å². The molecule has 0 aliphatic carbocycles. The van der Waals surface area contributed by atoms with Crippen molar-refractivity contribution in [2.24, 2.45) is 0 Å². The van der Waals surface area contributed by atoms with Crippen molar-refractivity contribution in [2.75, 3.05) is 73.7 Å². The number of nitrogens with zero attached hydrogens (tertiary/aromatic N) is 3. The first-order chi connectivity index (χ1) is 17.5. The largest absolute Gasteiger partial charge is 0.497 e. The van der Waals surface area contributed by atoms with Gasteiger partial charge in [0.15, 0.2) is 11.5 Å². The summed E-state index contributed by atoms with van der Waals surface area (Å²) in [7, 11) is 4.75. The minimum atomic E-state index is -0.0611. The number of hydrogen-bond acceptors (Lipinski definition) is 7. The molecule has 1 unspecified atom stereocenters. The van der Waals surface area contributed by atoms with Gasteiger partial charge >= 0.3 is 0 Å². The highest BCUT2D eigenvalue weighted by molar-refractivity contribution is 5.95. The third kappa shape index (κ3) is 6.09. The van der Waals surface area contributed by atoms with Crippen molar-refractivity contribution in [1.29, 1.82) is 0 Å². The number of carbonyl (C=O) groups excluding carboxylic acids is 2. The SMILES string of the molecule is COc1ccc(C(=O)N2CCOC(CN3CCCN(C(=O)c4ccc(OC)c(OC)c4)CC3)C2)cc1. The molecule has 9 nitrogen and oxygen atoms in total. The standard InChI is InChI=1S/C27H35N3O6/c1-33-22-8-5-20(6-9-22)26(31)30-15-16-36-23(19-30)18-28-11-4-12-29(14-13-28)27(32)21-7-10-24(34-2)25(17-21)35-3/h5-10,17,23H,4,11-16,18-19H2,1-3H3. The lowest BCUT2D eigenvalue weighted by Crippen LogP contribution is -2.50. The van der Waals surface area contributed by atoms with E-state index in [1.165, 1.54) is 0 Å². The third-order valence-electron chi connectivity index (χ3n) is 6.73. The normalized spacial score (nSPS) is 18.9. The fraction of sp³-hybridized carbons (Fsp3) is 0.481. The molecular weight excluding hydrogens is 462 g/mol. The van der Waals surface area contributed by atoms with Gasteiger partial charge in [0.25, 0.3) is 11.8 Å². The van der Waals surface area contributed by atoms with Gasteiger partial charge in [-0.2, -0.15) is 0 Å². The number of methoxy groups -OCH3 is 3. The average molecular weight is 498 g/mol. The van der Waals surface area contributed by atoms with Gasteiger partial charge < -0.3 is 28.7 Å². The van der Waals surface area contributed by atoms with Gasteiger partial charge in [-0.15, -0.1) is 0 Å². The van der Waals surface area contributed by atoms with Crippen molar-refractivity contribution in [2.45, 2.75) is 12.5 Å². The van der Waals surface area contributed by atoms with Crippen LogP contribution in [0, 0.1) is 0 Å². The zero-order valence-corrected chi connectivity index (χ0v) is 21.3. The lowest BCUT2D eigenvalue weighted by Gasteiger charge is -2.35. The molecule has 2 heterocycles. The summed E-state index contributed by atoms with van der Waals surface area (Å²) in [6.07, 6.45) is 0.814. The highest BCUT2D eigenvalue weighted by atomic mass is 16.5. The predicted octanol–water partition coefficient (Wildman–Crippen LogP) is 2.40. The topological polar surface area (TPSA) is 80.8 Å². The monoisotopic (exact) mass is 497 g/mol. The van der Waals surface area contributed by atoms with Crippen LogP contribution in [0.2, 0.25) is 0 Å². The molecular formula is C27H35N3O6. The molecule has 36 heavy (non-hydrogen) atoms. The van der Waals surface area contributed by atoms with Gasteiger partial charge in [-0.3, -0.25) is 14.5 Å². The maximum Gasteiger partial charge on any atom is 0.254 e. The first-order valence-electron chi connectivity index (χ1n) is 12.3. The Kier molecular flexibility index (Phi) is 8.66. The van der Waals surface area contributed by atoms with Crippen molar-refractivity contribution in [3.8, 4) is 17.2 Å². The van der Waals surface area contributed by atoms with Gasteiger partial charge in [-0.1, -0.05) is 0 Å². The second-order valence-corrected chi connectivity index (χ2v) is 8.99. The van der Waals surface area contributed by atoms with Crippen LogP contribution in [-0.2, 0) is 4.74 Å². The Morgan fingerprint density at radius 3 is 2.25 bits per heavy atom. The van der Waals surface area contributed by atoms with Crippen LogP contribution in [0.15, 0.2) is 42.5 Å². The number of carbonyl (C=O) groups is 2. The summed E-state index contributed by atoms with van der Waals surface area (Å²) in [6, 6.07) is 12.5. The summed E-state index contributed by atoms with van der Waals surface area (Å²) in [4.78, 5) is 32.2. The number of morpholine rings is 1. The minimum absolute atomic E-state index is 0.00788. The van der Waals surface area contributed by atoms with Gasteiger partial charge in [0.1, 0.15) is 5.75 Å². The third-order valence-corrected chi connectivity index (χ3v) is 6.73. The molecule has 0 radical (unpaired) electrons. The fourth-order valence-corrected chi connectivity index (χ4v) is 4.73. The number of ether oxygens (including phenoxy) is 4. The van der Waals surface area contributed by atoms with Crippen LogP contribution in [0.1, 0.15) is 27.1 Å². The Morgan fingerprint density at radius 2 is 1.53 bits per heavy atom. The smallest absolute Gasteiger partial charge is 0.254 e. The molecule has 1 atom stereocenters. The van der Waals surface area contributed by atoms with Crippen molar-refractivity contribution < 1.29 is 28.5 Å². The Hall–Kier alpha value is -3.30. The summed E-state index contributed by atoms with van der Waals surface area (Å²) in [5.41, 5.74) is 1.24. The van der Waals surface area contributed by atoms with Crippen LogP contribution in [0.25, 0.3) is 0 Å². The quantitative estimate of drug-likeness (QED) is 0.581. The van der Waals surface area contributed by atoms with E-state index in [0.29, 0.717) is 55.4 Å². The number of rotatable bonds is 7. The molecule has 0 saturated carbocycles. The maximum absolute atomic E-state index is 13.1. The van der Waals surface area contributed by atoms with E-state index in [1.807, 2.05) is 9.80 Å². The molecule has 2 aromatic carbocycles. The summed E-state index contributed by atoms with van der Waals surface area (Å²) >= 11 is 0. The molecule has 0 N–H and O–H groups in total. The Labute approximate surface area is 212 Å². The van der Waals surface area contributed by atoms with Crippen LogP contribution in [0.5, 0.6) is 17.2 Å². The molecule has 4 rings (SSSR count). The van der Waals surface area contributed by atoms with E-state index >= 15 is 0 Å². The van der Waals surface area contributed by atoms with Crippen LogP contribution in [0.4, 0.5) is 0 Å². The molecule has 2 aliphatic rings. The average Bonchev–Trinajstić information content (AvgIpc) is 3.17. The second-order valence-electron chi connectivity index (χ2n) is 8.99. The van der Waals surface area contributed by atoms with Crippen LogP contribution in [0.3, 0.4) is 0 Å². The molecule has 2 saturated heterocycles. The Balaban J connectivity index is 1.31. The van der Waals surface area contributed by atoms with E-state index in [0.717, 1.165) is 31.8 Å². The molecule has 0 bridgehead atoms. The van der Waals surface area contributed by atoms with Gasteiger partial charge in [0.2, 0.25) is 0 Å². The summed E-state index contributed by atoms with van der Waals surface area (Å²) in [5.74, 6) is 1.87. The Morgan fingerprint density at radius 1 is 0.806 bits per heavy atom. The minimum Gasteiger partial charge on any atom is -0.497 e. The van der Waals surface area contributed by atoms with Crippen LogP contribution < -0.4 is 14.2 Å². The summed E-state index contributed by atoms with van der Waals surface area (Å²) in [5, 5.41) is 0. The zero-order chi connectivity index (χ0) is 25.5. The predicted molar refractivity (Wildman–Crippen MR) is 135 cm³/mol. The number of amides is 2. The molecule has 2 amide bonds. The zero-order valence-electron chi connectivity index (χ0n) is 21.3. The first kappa shape index (κ1) is 25.8. The van der Waals surface area contributed by atoms with E-state index in [9.17, 15) is 9.59 Å². The highest BCUT2D eigenvalue weighted by Gasteiger charge is 2.28. The maximum atomic E-state index is 13.1.